The molecule has 1 aromatic heterocycles. The Bertz CT molecular complexity index is 987. The molecule has 1 aliphatic heterocycles. The highest BCUT2D eigenvalue weighted by Gasteiger charge is 2.51. The normalized spacial score (nSPS) is 19.8. The number of amides is 2. The Hall–Kier alpha value is -2.78. The molecule has 0 spiro atoms. The molecule has 30 heavy (non-hydrogen) atoms. The van der Waals surface area contributed by atoms with Crippen LogP contribution in [-0.4, -0.2) is 70.0 Å². The van der Waals surface area contributed by atoms with Gasteiger partial charge in [-0.3, -0.25) is 14.1 Å². The van der Waals surface area contributed by atoms with Crippen LogP contribution in [0.4, 0.5) is 5.13 Å². The molecular weight excluding hydrogens is 442 g/mol. The monoisotopic (exact) mass is 463 g/mol. The molecule has 4 N–H and O–H groups in total. The fraction of sp³-hybridized carbons (Fsp3) is 0.533. The summed E-state index contributed by atoms with van der Waals surface area (Å²) < 4.78 is 36.5. The molecule has 1 aromatic rings. The van der Waals surface area contributed by atoms with Crippen molar-refractivity contribution in [2.45, 2.75) is 45.4 Å². The lowest BCUT2D eigenvalue weighted by molar-refractivity contribution is -0.167. The first-order valence-electron chi connectivity index (χ1n) is 8.56. The molecule has 2 unspecified atom stereocenters. The van der Waals surface area contributed by atoms with Crippen molar-refractivity contribution in [3.63, 3.8) is 0 Å². The molecule has 1 saturated heterocycles. The fourth-order valence-corrected chi connectivity index (χ4v) is 3.85. The van der Waals surface area contributed by atoms with Crippen LogP contribution in [-0.2, 0) is 34.3 Å². The summed E-state index contributed by atoms with van der Waals surface area (Å²) in [5, 5.41) is 7.55. The molecule has 1 aliphatic rings. The van der Waals surface area contributed by atoms with Gasteiger partial charge in [0.15, 0.2) is 10.8 Å². The Balaban J connectivity index is 2.25. The second-order valence-corrected chi connectivity index (χ2v) is 8.82. The van der Waals surface area contributed by atoms with E-state index in [0.717, 1.165) is 11.3 Å². The first-order valence-corrected chi connectivity index (χ1v) is 10.8. The molecule has 0 saturated carbocycles. The number of nitrogens with one attached hydrogen (secondary N) is 1. The van der Waals surface area contributed by atoms with Crippen molar-refractivity contribution in [1.82, 2.24) is 14.6 Å². The maximum absolute atomic E-state index is 12.7. The highest BCUT2D eigenvalue weighted by molar-refractivity contribution is 7.84. The molecule has 2 atom stereocenters. The quantitative estimate of drug-likeness (QED) is 0.146. The van der Waals surface area contributed by atoms with Crippen molar-refractivity contribution in [1.29, 1.82) is 0 Å². The number of oxime groups is 1. The van der Waals surface area contributed by atoms with Crippen molar-refractivity contribution < 1.29 is 36.9 Å². The molecule has 166 valence electrons. The number of rotatable bonds is 8. The molecule has 0 aliphatic carbocycles. The van der Waals surface area contributed by atoms with E-state index in [1.807, 2.05) is 0 Å². The zero-order chi connectivity index (χ0) is 22.9. The Kier molecular flexibility index (Phi) is 6.68. The third-order valence-corrected chi connectivity index (χ3v) is 5.67. The third-order valence-electron chi connectivity index (χ3n) is 3.98. The standard InChI is InChI=1S/C15H21N5O8S2/c1-5-27-13(23)15(3,4)28-19-10(8-6-29-14(16)17-8)11(21)18-9-7(2)20(12(9)22)30(24,25)26/h6-7,9H,5H2,1-4H3,(H2,16,17)(H,18,21)(H,24,25,26). The van der Waals surface area contributed by atoms with Gasteiger partial charge in [-0.05, 0) is 27.7 Å². The van der Waals surface area contributed by atoms with Gasteiger partial charge >= 0.3 is 16.3 Å². The van der Waals surface area contributed by atoms with E-state index in [2.05, 4.69) is 15.5 Å². The lowest BCUT2D eigenvalue weighted by atomic mass is 10.0. The van der Waals surface area contributed by atoms with Gasteiger partial charge in [-0.1, -0.05) is 5.16 Å². The Morgan fingerprint density at radius 1 is 1.47 bits per heavy atom. The van der Waals surface area contributed by atoms with Crippen LogP contribution in [0.2, 0.25) is 0 Å². The number of nitrogens with two attached hydrogens (primary N) is 1. The molecular formula is C15H21N5O8S2. The number of aromatic nitrogens is 1. The number of hydrogen-bond donors (Lipinski definition) is 3. The summed E-state index contributed by atoms with van der Waals surface area (Å²) in [4.78, 5) is 45.8. The number of ether oxygens (including phenoxy) is 1. The third kappa shape index (κ3) is 4.85. The Morgan fingerprint density at radius 3 is 2.57 bits per heavy atom. The van der Waals surface area contributed by atoms with Gasteiger partial charge in [-0.15, -0.1) is 11.3 Å². The van der Waals surface area contributed by atoms with Gasteiger partial charge in [0.25, 0.3) is 11.8 Å². The number of nitrogens with zero attached hydrogens (tertiary/aromatic N) is 3. The Labute approximate surface area is 176 Å². The summed E-state index contributed by atoms with van der Waals surface area (Å²) in [6.45, 7) is 5.79. The van der Waals surface area contributed by atoms with E-state index in [-0.39, 0.29) is 21.7 Å². The minimum atomic E-state index is -4.75. The number of esters is 1. The molecule has 0 radical (unpaired) electrons. The van der Waals surface area contributed by atoms with Crippen molar-refractivity contribution in [3.05, 3.63) is 11.1 Å². The van der Waals surface area contributed by atoms with Gasteiger partial charge in [-0.25, -0.2) is 14.1 Å². The van der Waals surface area contributed by atoms with Crippen LogP contribution < -0.4 is 11.1 Å². The number of nitrogen functional groups attached to an aromatic ring is 1. The van der Waals surface area contributed by atoms with Crippen LogP contribution in [0.5, 0.6) is 0 Å². The van der Waals surface area contributed by atoms with E-state index in [0.29, 0.717) is 0 Å². The van der Waals surface area contributed by atoms with E-state index in [1.54, 1.807) is 6.92 Å². The van der Waals surface area contributed by atoms with Crippen LogP contribution in [0.25, 0.3) is 0 Å². The van der Waals surface area contributed by atoms with E-state index < -0.39 is 51.5 Å². The van der Waals surface area contributed by atoms with Gasteiger partial charge in [0.1, 0.15) is 11.7 Å². The summed E-state index contributed by atoms with van der Waals surface area (Å²) in [7, 11) is -4.75. The molecule has 0 bridgehead atoms. The van der Waals surface area contributed by atoms with Crippen LogP contribution in [0.1, 0.15) is 33.4 Å². The number of β-lactam (4-membered cyclic amide) rings is 1. The van der Waals surface area contributed by atoms with Crippen molar-refractivity contribution in [2.75, 3.05) is 12.3 Å². The molecule has 15 heteroatoms. The van der Waals surface area contributed by atoms with Gasteiger partial charge in [0.05, 0.1) is 12.6 Å². The molecule has 2 amide bonds. The maximum atomic E-state index is 12.7. The van der Waals surface area contributed by atoms with E-state index in [4.69, 9.17) is 19.9 Å². The summed E-state index contributed by atoms with van der Waals surface area (Å²) in [5.41, 5.74) is 3.67. The predicted octanol–water partition coefficient (Wildman–Crippen LogP) is -0.694. The predicted molar refractivity (Wildman–Crippen MR) is 105 cm³/mol. The smallest absolute Gasteiger partial charge is 0.362 e. The molecule has 2 rings (SSSR count). The average Bonchev–Trinajstić information content (AvgIpc) is 3.05. The van der Waals surface area contributed by atoms with E-state index in [1.165, 1.54) is 26.2 Å². The first kappa shape index (κ1) is 23.5. The van der Waals surface area contributed by atoms with E-state index in [9.17, 15) is 22.8 Å². The Morgan fingerprint density at radius 2 is 2.10 bits per heavy atom. The van der Waals surface area contributed by atoms with Crippen LogP contribution in [0.3, 0.4) is 0 Å². The topological polar surface area (TPSA) is 191 Å². The molecule has 2 heterocycles. The van der Waals surface area contributed by atoms with Gasteiger partial charge < -0.3 is 20.6 Å². The number of hydrogen-bond acceptors (Lipinski definition) is 11. The number of carbonyl (C=O) groups excluding carboxylic acids is 3. The second-order valence-electron chi connectivity index (χ2n) is 6.64. The average molecular weight is 463 g/mol. The summed E-state index contributed by atoms with van der Waals surface area (Å²) in [6.07, 6.45) is 0. The van der Waals surface area contributed by atoms with Gasteiger partial charge in [0, 0.05) is 5.38 Å². The minimum absolute atomic E-state index is 0.0146. The van der Waals surface area contributed by atoms with Crippen LogP contribution in [0, 0.1) is 0 Å². The maximum Gasteiger partial charge on any atom is 0.362 e. The molecule has 13 nitrogen and oxygen atoms in total. The minimum Gasteiger partial charge on any atom is -0.463 e. The zero-order valence-electron chi connectivity index (χ0n) is 16.5. The van der Waals surface area contributed by atoms with Gasteiger partial charge in [0.2, 0.25) is 5.60 Å². The number of thiazole rings is 1. The van der Waals surface area contributed by atoms with Crippen LogP contribution in [0.15, 0.2) is 10.5 Å². The van der Waals surface area contributed by atoms with Gasteiger partial charge in [-0.2, -0.15) is 8.42 Å². The largest absolute Gasteiger partial charge is 0.463 e. The first-order chi connectivity index (χ1) is 13.8. The second kappa shape index (κ2) is 8.53. The summed E-state index contributed by atoms with van der Waals surface area (Å²) >= 11 is 1.01. The molecule has 0 aromatic carbocycles. The highest BCUT2D eigenvalue weighted by Crippen LogP contribution is 2.23. The number of anilines is 1. The highest BCUT2D eigenvalue weighted by atomic mass is 32.2. The summed E-state index contributed by atoms with van der Waals surface area (Å²) in [6, 6.07) is -2.27. The van der Waals surface area contributed by atoms with Crippen molar-refractivity contribution >= 4 is 50.3 Å². The fourth-order valence-electron chi connectivity index (χ4n) is 2.42. The van der Waals surface area contributed by atoms with Crippen LogP contribution >= 0.6 is 11.3 Å². The van der Waals surface area contributed by atoms with Crippen molar-refractivity contribution in [2.24, 2.45) is 5.16 Å². The van der Waals surface area contributed by atoms with Crippen molar-refractivity contribution in [3.8, 4) is 0 Å². The summed E-state index contributed by atoms with van der Waals surface area (Å²) in [5.74, 6) is -2.68. The van der Waals surface area contributed by atoms with E-state index >= 15 is 0 Å². The lowest BCUT2D eigenvalue weighted by Gasteiger charge is -2.42. The lowest BCUT2D eigenvalue weighted by Crippen LogP contribution is -2.71. The SMILES string of the molecule is CCOC(=O)C(C)(C)ON=C(C(=O)NC1C(=O)N(S(=O)(=O)O)C1C)c1csc(N)n1. The molecule has 1 fully saturated rings. The zero-order valence-corrected chi connectivity index (χ0v) is 18.1. The number of carbonyl (C=O) groups is 3.